The van der Waals surface area contributed by atoms with Crippen molar-refractivity contribution < 1.29 is 4.42 Å². The number of unbranched alkanes of at least 4 members (excludes halogenated alkanes) is 1. The highest BCUT2D eigenvalue weighted by Crippen LogP contribution is 2.27. The highest BCUT2D eigenvalue weighted by atomic mass is 16.3. The van der Waals surface area contributed by atoms with Gasteiger partial charge in [-0.15, -0.1) is 0 Å². The third kappa shape index (κ3) is 3.85. The lowest BCUT2D eigenvalue weighted by molar-refractivity contribution is 0.152. The first-order valence-electron chi connectivity index (χ1n) is 7.19. The van der Waals surface area contributed by atoms with Gasteiger partial charge < -0.3 is 10.2 Å². The molecule has 1 aromatic heterocycles. The lowest BCUT2D eigenvalue weighted by Gasteiger charge is -2.33. The molecule has 0 aromatic carbocycles. The fourth-order valence-corrected chi connectivity index (χ4v) is 2.35. The van der Waals surface area contributed by atoms with Crippen molar-refractivity contribution in [3.63, 3.8) is 0 Å². The van der Waals surface area contributed by atoms with Gasteiger partial charge in [0.05, 0.1) is 6.04 Å². The van der Waals surface area contributed by atoms with Gasteiger partial charge in [0.15, 0.2) is 0 Å². The van der Waals surface area contributed by atoms with Crippen molar-refractivity contribution >= 4 is 0 Å². The van der Waals surface area contributed by atoms with Gasteiger partial charge in [0, 0.05) is 6.04 Å². The molecule has 0 aliphatic heterocycles. The third-order valence-electron chi connectivity index (χ3n) is 3.53. The lowest BCUT2D eigenvalue weighted by atomic mass is 10.0. The lowest BCUT2D eigenvalue weighted by Crippen LogP contribution is -2.41. The van der Waals surface area contributed by atoms with Gasteiger partial charge in [-0.25, -0.2) is 0 Å². The zero-order chi connectivity index (χ0) is 13.5. The maximum absolute atomic E-state index is 6.31. The zero-order valence-corrected chi connectivity index (χ0v) is 12.3. The van der Waals surface area contributed by atoms with E-state index in [-0.39, 0.29) is 12.1 Å². The van der Waals surface area contributed by atoms with Crippen LogP contribution in [0.4, 0.5) is 0 Å². The topological polar surface area (TPSA) is 42.4 Å². The van der Waals surface area contributed by atoms with Crippen LogP contribution in [0, 0.1) is 6.92 Å². The fourth-order valence-electron chi connectivity index (χ4n) is 2.35. The van der Waals surface area contributed by atoms with Crippen LogP contribution in [0.2, 0.25) is 0 Å². The molecule has 0 fully saturated rings. The summed E-state index contributed by atoms with van der Waals surface area (Å²) < 4.78 is 5.81. The molecule has 0 saturated carbocycles. The maximum atomic E-state index is 6.31. The van der Waals surface area contributed by atoms with E-state index in [1.165, 1.54) is 12.8 Å². The van der Waals surface area contributed by atoms with Crippen LogP contribution in [-0.2, 0) is 0 Å². The predicted octanol–water partition coefficient (Wildman–Crippen LogP) is 3.49. The van der Waals surface area contributed by atoms with E-state index in [9.17, 15) is 0 Å². The summed E-state index contributed by atoms with van der Waals surface area (Å²) in [5, 5.41) is 0. The van der Waals surface area contributed by atoms with E-state index in [4.69, 9.17) is 10.2 Å². The molecule has 3 nitrogen and oxygen atoms in total. The van der Waals surface area contributed by atoms with Gasteiger partial charge in [-0.05, 0) is 45.0 Å². The van der Waals surface area contributed by atoms with Crippen molar-refractivity contribution in [3.05, 3.63) is 23.7 Å². The molecule has 1 aromatic rings. The first kappa shape index (κ1) is 15.3. The maximum Gasteiger partial charge on any atom is 0.122 e. The Morgan fingerprint density at radius 3 is 2.44 bits per heavy atom. The van der Waals surface area contributed by atoms with E-state index < -0.39 is 0 Å². The molecule has 3 heteroatoms. The first-order chi connectivity index (χ1) is 8.63. The molecule has 1 heterocycles. The second-order valence-electron chi connectivity index (χ2n) is 4.95. The van der Waals surface area contributed by atoms with Crippen LogP contribution in [-0.4, -0.2) is 24.0 Å². The Morgan fingerprint density at radius 2 is 2.00 bits per heavy atom. The molecule has 0 aliphatic carbocycles. The van der Waals surface area contributed by atoms with E-state index in [1.807, 2.05) is 13.0 Å². The standard InChI is InChI=1S/C15H28N2O/c1-5-8-11-17(7-3)15(13(16)6-2)14-10-9-12(4)18-14/h9-10,13,15H,5-8,11,16H2,1-4H3. The van der Waals surface area contributed by atoms with Crippen LogP contribution in [0.5, 0.6) is 0 Å². The van der Waals surface area contributed by atoms with Gasteiger partial charge in [0.2, 0.25) is 0 Å². The Kier molecular flexibility index (Phi) is 6.44. The van der Waals surface area contributed by atoms with Crippen LogP contribution >= 0.6 is 0 Å². The number of furan rings is 1. The highest BCUT2D eigenvalue weighted by molar-refractivity contribution is 5.12. The van der Waals surface area contributed by atoms with Gasteiger partial charge in [-0.3, -0.25) is 4.90 Å². The second-order valence-corrected chi connectivity index (χ2v) is 4.95. The van der Waals surface area contributed by atoms with Crippen molar-refractivity contribution in [1.29, 1.82) is 0 Å². The predicted molar refractivity (Wildman–Crippen MR) is 76.6 cm³/mol. The van der Waals surface area contributed by atoms with Crippen molar-refractivity contribution in [2.24, 2.45) is 5.73 Å². The molecule has 0 amide bonds. The molecular formula is C15H28N2O. The number of rotatable bonds is 8. The SMILES string of the molecule is CCCCN(CC)C(c1ccc(C)o1)C(N)CC. The van der Waals surface area contributed by atoms with E-state index >= 15 is 0 Å². The summed E-state index contributed by atoms with van der Waals surface area (Å²) in [6.07, 6.45) is 3.38. The third-order valence-corrected chi connectivity index (χ3v) is 3.53. The van der Waals surface area contributed by atoms with Crippen LogP contribution in [0.1, 0.15) is 57.6 Å². The van der Waals surface area contributed by atoms with Crippen molar-refractivity contribution in [2.75, 3.05) is 13.1 Å². The summed E-state index contributed by atoms with van der Waals surface area (Å²) in [6.45, 7) is 10.6. The summed E-state index contributed by atoms with van der Waals surface area (Å²) in [5.74, 6) is 1.98. The van der Waals surface area contributed by atoms with Crippen molar-refractivity contribution in [2.45, 2.75) is 59.0 Å². The van der Waals surface area contributed by atoms with Gasteiger partial charge >= 0.3 is 0 Å². The molecule has 0 aliphatic rings. The van der Waals surface area contributed by atoms with E-state index in [1.54, 1.807) is 0 Å². The second kappa shape index (κ2) is 7.59. The van der Waals surface area contributed by atoms with E-state index in [0.29, 0.717) is 0 Å². The Balaban J connectivity index is 2.88. The Bertz CT molecular complexity index is 335. The summed E-state index contributed by atoms with van der Waals surface area (Å²) in [6, 6.07) is 4.44. The van der Waals surface area contributed by atoms with Gasteiger partial charge in [0.25, 0.3) is 0 Å². The van der Waals surface area contributed by atoms with Crippen LogP contribution in [0.25, 0.3) is 0 Å². The number of hydrogen-bond donors (Lipinski definition) is 1. The molecule has 2 N–H and O–H groups in total. The molecule has 2 atom stereocenters. The van der Waals surface area contributed by atoms with E-state index in [2.05, 4.69) is 31.7 Å². The van der Waals surface area contributed by atoms with Gasteiger partial charge in [-0.1, -0.05) is 27.2 Å². The molecule has 2 unspecified atom stereocenters. The molecule has 1 rings (SSSR count). The Hall–Kier alpha value is -0.800. The number of aryl methyl sites for hydroxylation is 1. The van der Waals surface area contributed by atoms with Crippen molar-refractivity contribution in [1.82, 2.24) is 4.90 Å². The Morgan fingerprint density at radius 1 is 1.28 bits per heavy atom. The minimum Gasteiger partial charge on any atom is -0.465 e. The quantitative estimate of drug-likeness (QED) is 0.770. The summed E-state index contributed by atoms with van der Waals surface area (Å²) in [4.78, 5) is 2.44. The normalized spacial score (nSPS) is 15.0. The molecule has 0 radical (unpaired) electrons. The summed E-state index contributed by atoms with van der Waals surface area (Å²) in [5.41, 5.74) is 6.31. The number of nitrogens with two attached hydrogens (primary N) is 1. The molecular weight excluding hydrogens is 224 g/mol. The number of likely N-dealkylation sites (N-methyl/N-ethyl adjacent to an activating group) is 1. The number of nitrogens with zero attached hydrogens (tertiary/aromatic N) is 1. The van der Waals surface area contributed by atoms with Crippen LogP contribution < -0.4 is 5.73 Å². The molecule has 0 bridgehead atoms. The Labute approximate surface area is 111 Å². The average molecular weight is 252 g/mol. The minimum absolute atomic E-state index is 0.132. The largest absolute Gasteiger partial charge is 0.465 e. The summed E-state index contributed by atoms with van der Waals surface area (Å²) >= 11 is 0. The molecule has 0 saturated heterocycles. The monoisotopic (exact) mass is 252 g/mol. The number of hydrogen-bond acceptors (Lipinski definition) is 3. The molecule has 0 spiro atoms. The van der Waals surface area contributed by atoms with Gasteiger partial charge in [0.1, 0.15) is 11.5 Å². The van der Waals surface area contributed by atoms with Crippen LogP contribution in [0.3, 0.4) is 0 Å². The first-order valence-corrected chi connectivity index (χ1v) is 7.19. The van der Waals surface area contributed by atoms with Crippen LogP contribution in [0.15, 0.2) is 16.5 Å². The highest BCUT2D eigenvalue weighted by Gasteiger charge is 2.26. The smallest absolute Gasteiger partial charge is 0.122 e. The average Bonchev–Trinajstić information content (AvgIpc) is 2.79. The van der Waals surface area contributed by atoms with Gasteiger partial charge in [-0.2, -0.15) is 0 Å². The minimum atomic E-state index is 0.132. The van der Waals surface area contributed by atoms with E-state index in [0.717, 1.165) is 31.0 Å². The fraction of sp³-hybridized carbons (Fsp3) is 0.733. The zero-order valence-electron chi connectivity index (χ0n) is 12.3. The molecule has 18 heavy (non-hydrogen) atoms. The molecule has 104 valence electrons. The summed E-state index contributed by atoms with van der Waals surface area (Å²) in [7, 11) is 0. The van der Waals surface area contributed by atoms with Crippen molar-refractivity contribution in [3.8, 4) is 0 Å².